The summed E-state index contributed by atoms with van der Waals surface area (Å²) in [6.45, 7) is 1.99. The molecule has 1 aromatic rings. The van der Waals surface area contributed by atoms with Gasteiger partial charge in [0.15, 0.2) is 6.10 Å². The smallest absolute Gasteiger partial charge is 0.207 e. The van der Waals surface area contributed by atoms with Gasteiger partial charge in [0.25, 0.3) is 0 Å². The summed E-state index contributed by atoms with van der Waals surface area (Å²) in [4.78, 5) is 11.9. The lowest BCUT2D eigenvalue weighted by atomic mass is 10.0. The van der Waals surface area contributed by atoms with Crippen molar-refractivity contribution in [3.05, 3.63) is 28.8 Å². The molecule has 78 valence electrons. The fraction of sp³-hybridized carbons (Fsp3) is 0.462. The van der Waals surface area contributed by atoms with E-state index in [1.807, 2.05) is 6.92 Å². The molecule has 0 saturated carbocycles. The van der Waals surface area contributed by atoms with Crippen molar-refractivity contribution in [2.75, 3.05) is 0 Å². The van der Waals surface area contributed by atoms with Crippen LogP contribution in [0.2, 0.25) is 0 Å². The molecule has 0 radical (unpaired) electrons. The van der Waals surface area contributed by atoms with Gasteiger partial charge in [-0.3, -0.25) is 4.79 Å². The number of ether oxygens (including phenoxy) is 1. The van der Waals surface area contributed by atoms with Crippen molar-refractivity contribution in [3.8, 4) is 5.75 Å². The summed E-state index contributed by atoms with van der Waals surface area (Å²) in [7, 11) is 0. The average Bonchev–Trinajstić information content (AvgIpc) is 2.80. The normalized spacial score (nSPS) is 22.5. The number of ketones is 1. The predicted octanol–water partition coefficient (Wildman–Crippen LogP) is 2.53. The van der Waals surface area contributed by atoms with Gasteiger partial charge in [-0.2, -0.15) is 0 Å². The van der Waals surface area contributed by atoms with E-state index >= 15 is 0 Å². The van der Waals surface area contributed by atoms with E-state index in [9.17, 15) is 4.79 Å². The fourth-order valence-corrected chi connectivity index (χ4v) is 2.54. The highest BCUT2D eigenvalue weighted by atomic mass is 16.5. The van der Waals surface area contributed by atoms with Crippen molar-refractivity contribution in [1.82, 2.24) is 0 Å². The van der Waals surface area contributed by atoms with Crippen molar-refractivity contribution in [2.45, 2.75) is 38.7 Å². The van der Waals surface area contributed by atoms with Gasteiger partial charge in [-0.25, -0.2) is 0 Å². The Labute approximate surface area is 89.2 Å². The van der Waals surface area contributed by atoms with E-state index in [0.717, 1.165) is 30.6 Å². The zero-order valence-electron chi connectivity index (χ0n) is 8.88. The lowest BCUT2D eigenvalue weighted by Gasteiger charge is -2.05. The summed E-state index contributed by atoms with van der Waals surface area (Å²) in [6, 6.07) is 4.13. The summed E-state index contributed by atoms with van der Waals surface area (Å²) in [6.07, 6.45) is 3.99. The molecule has 1 aliphatic carbocycles. The zero-order chi connectivity index (χ0) is 10.4. The molecule has 2 nitrogen and oxygen atoms in total. The molecule has 1 unspecified atom stereocenters. The zero-order valence-corrected chi connectivity index (χ0v) is 8.88. The Morgan fingerprint density at radius 3 is 2.80 bits per heavy atom. The minimum atomic E-state index is -0.234. The van der Waals surface area contributed by atoms with E-state index in [2.05, 4.69) is 12.1 Å². The van der Waals surface area contributed by atoms with Gasteiger partial charge in [-0.05, 0) is 48.9 Å². The van der Waals surface area contributed by atoms with E-state index in [4.69, 9.17) is 4.74 Å². The summed E-state index contributed by atoms with van der Waals surface area (Å²) in [5.41, 5.74) is 3.53. The van der Waals surface area contributed by atoms with Crippen LogP contribution in [0, 0.1) is 0 Å². The third-order valence-electron chi connectivity index (χ3n) is 3.39. The third-order valence-corrected chi connectivity index (χ3v) is 3.39. The van der Waals surface area contributed by atoms with Crippen molar-refractivity contribution in [3.63, 3.8) is 0 Å². The number of benzene rings is 1. The number of hydrogen-bond acceptors (Lipinski definition) is 2. The highest BCUT2D eigenvalue weighted by Gasteiger charge is 2.32. The second-order valence-electron chi connectivity index (χ2n) is 4.35. The number of rotatable bonds is 1. The van der Waals surface area contributed by atoms with Gasteiger partial charge in [-0.15, -0.1) is 0 Å². The van der Waals surface area contributed by atoms with Crippen LogP contribution in [0.5, 0.6) is 5.75 Å². The highest BCUT2D eigenvalue weighted by molar-refractivity contribution is 6.04. The summed E-state index contributed by atoms with van der Waals surface area (Å²) in [5, 5.41) is 0. The van der Waals surface area contributed by atoms with Crippen LogP contribution < -0.4 is 4.74 Å². The predicted molar refractivity (Wildman–Crippen MR) is 57.5 cm³/mol. The van der Waals surface area contributed by atoms with Crippen LogP contribution in [-0.2, 0) is 12.8 Å². The molecule has 1 aromatic carbocycles. The Kier molecular flexibility index (Phi) is 1.84. The molecule has 0 saturated heterocycles. The first-order valence-corrected chi connectivity index (χ1v) is 5.66. The van der Waals surface area contributed by atoms with Crippen LogP contribution in [0.15, 0.2) is 12.1 Å². The van der Waals surface area contributed by atoms with Crippen molar-refractivity contribution in [2.24, 2.45) is 0 Å². The monoisotopic (exact) mass is 202 g/mol. The number of aryl methyl sites for hydroxylation is 2. The van der Waals surface area contributed by atoms with Gasteiger partial charge in [0.2, 0.25) is 5.78 Å². The standard InChI is InChI=1S/C13H14O2/c1-2-11-13(14)10-6-8-4-3-5-9(8)7-12(10)15-11/h6-7,11H,2-5H2,1H3. The van der Waals surface area contributed by atoms with Crippen molar-refractivity contribution < 1.29 is 9.53 Å². The van der Waals surface area contributed by atoms with Crippen LogP contribution in [0.1, 0.15) is 41.3 Å². The second-order valence-corrected chi connectivity index (χ2v) is 4.35. The van der Waals surface area contributed by atoms with Crippen LogP contribution in [0.3, 0.4) is 0 Å². The lowest BCUT2D eigenvalue weighted by Crippen LogP contribution is -2.18. The van der Waals surface area contributed by atoms with E-state index in [1.165, 1.54) is 17.5 Å². The topological polar surface area (TPSA) is 26.3 Å². The lowest BCUT2D eigenvalue weighted by molar-refractivity contribution is 0.0853. The first-order chi connectivity index (χ1) is 7.29. The number of carbonyl (C=O) groups is 1. The Morgan fingerprint density at radius 2 is 2.07 bits per heavy atom. The number of Topliss-reactive ketones (excluding diaryl/α,β-unsaturated/α-hetero) is 1. The van der Waals surface area contributed by atoms with Gasteiger partial charge in [0.1, 0.15) is 5.75 Å². The molecule has 15 heavy (non-hydrogen) atoms. The maximum atomic E-state index is 11.9. The molecular weight excluding hydrogens is 188 g/mol. The van der Waals surface area contributed by atoms with E-state index < -0.39 is 0 Å². The molecule has 2 aliphatic rings. The molecule has 1 atom stereocenters. The number of carbonyl (C=O) groups excluding carboxylic acids is 1. The molecule has 0 spiro atoms. The maximum absolute atomic E-state index is 11.9. The summed E-state index contributed by atoms with van der Waals surface area (Å²) < 4.78 is 5.64. The second kappa shape index (κ2) is 3.09. The van der Waals surface area contributed by atoms with Crippen molar-refractivity contribution >= 4 is 5.78 Å². The molecule has 0 amide bonds. The summed E-state index contributed by atoms with van der Waals surface area (Å²) >= 11 is 0. The van der Waals surface area contributed by atoms with Crippen LogP contribution in [0.25, 0.3) is 0 Å². The molecule has 1 heterocycles. The minimum Gasteiger partial charge on any atom is -0.482 e. The molecule has 0 fully saturated rings. The Hall–Kier alpha value is -1.31. The van der Waals surface area contributed by atoms with E-state index in [0.29, 0.717) is 0 Å². The molecule has 0 N–H and O–H groups in total. The van der Waals surface area contributed by atoms with Crippen LogP contribution in [0.4, 0.5) is 0 Å². The molecule has 1 aliphatic heterocycles. The molecule has 0 bridgehead atoms. The quantitative estimate of drug-likeness (QED) is 0.699. The minimum absolute atomic E-state index is 0.169. The molecular formula is C13H14O2. The Morgan fingerprint density at radius 1 is 1.33 bits per heavy atom. The number of hydrogen-bond donors (Lipinski definition) is 0. The Balaban J connectivity index is 2.09. The molecule has 3 rings (SSSR count). The largest absolute Gasteiger partial charge is 0.482 e. The third kappa shape index (κ3) is 1.21. The van der Waals surface area contributed by atoms with Gasteiger partial charge in [0.05, 0.1) is 5.56 Å². The van der Waals surface area contributed by atoms with Crippen molar-refractivity contribution in [1.29, 1.82) is 0 Å². The first-order valence-electron chi connectivity index (χ1n) is 5.66. The average molecular weight is 202 g/mol. The van der Waals surface area contributed by atoms with Gasteiger partial charge >= 0.3 is 0 Å². The SMILES string of the molecule is CCC1Oc2cc3c(cc2C1=O)CCC3. The first kappa shape index (κ1) is 8.96. The van der Waals surface area contributed by atoms with Gasteiger partial charge in [-0.1, -0.05) is 6.92 Å². The maximum Gasteiger partial charge on any atom is 0.207 e. The Bertz CT molecular complexity index is 434. The van der Waals surface area contributed by atoms with Crippen LogP contribution in [-0.4, -0.2) is 11.9 Å². The fourth-order valence-electron chi connectivity index (χ4n) is 2.54. The van der Waals surface area contributed by atoms with Gasteiger partial charge in [0, 0.05) is 0 Å². The van der Waals surface area contributed by atoms with Crippen LogP contribution >= 0.6 is 0 Å². The molecule has 2 heteroatoms. The van der Waals surface area contributed by atoms with E-state index in [-0.39, 0.29) is 11.9 Å². The summed E-state index contributed by atoms with van der Waals surface area (Å²) in [5.74, 6) is 0.981. The number of fused-ring (bicyclic) bond motifs is 2. The molecule has 0 aromatic heterocycles. The van der Waals surface area contributed by atoms with Gasteiger partial charge < -0.3 is 4.74 Å². The highest BCUT2D eigenvalue weighted by Crippen LogP contribution is 2.35. The van der Waals surface area contributed by atoms with E-state index in [1.54, 1.807) is 0 Å².